The first-order valence-corrected chi connectivity index (χ1v) is 6.96. The lowest BCUT2D eigenvalue weighted by atomic mass is 10.2. The van der Waals surface area contributed by atoms with Gasteiger partial charge in [0.1, 0.15) is 0 Å². The van der Waals surface area contributed by atoms with Crippen LogP contribution in [0.1, 0.15) is 10.4 Å². The number of nitrogens with zero attached hydrogens (tertiary/aromatic N) is 1. The predicted molar refractivity (Wildman–Crippen MR) is 76.1 cm³/mol. The summed E-state index contributed by atoms with van der Waals surface area (Å²) in [5.74, 6) is -0.171. The van der Waals surface area contributed by atoms with Crippen LogP contribution >= 0.6 is 23.2 Å². The van der Waals surface area contributed by atoms with Gasteiger partial charge in [-0.3, -0.25) is 9.69 Å². The first-order chi connectivity index (χ1) is 9.16. The molecule has 0 saturated carbocycles. The SMILES string of the molecule is O=C(NCCN1CCOCC1)c1ccc(Cl)cc1Cl. The molecule has 4 nitrogen and oxygen atoms in total. The maximum Gasteiger partial charge on any atom is 0.252 e. The standard InChI is InChI=1S/C13H16Cl2N2O2/c14-10-1-2-11(12(15)9-10)13(18)16-3-4-17-5-7-19-8-6-17/h1-2,9H,3-8H2,(H,16,18). The number of nitrogens with one attached hydrogen (secondary N) is 1. The van der Waals surface area contributed by atoms with Gasteiger partial charge in [0.25, 0.3) is 5.91 Å². The minimum Gasteiger partial charge on any atom is -0.379 e. The van der Waals surface area contributed by atoms with Crippen LogP contribution in [0.4, 0.5) is 0 Å². The summed E-state index contributed by atoms with van der Waals surface area (Å²) in [4.78, 5) is 14.2. The maximum atomic E-state index is 11.9. The van der Waals surface area contributed by atoms with Crippen molar-refractivity contribution in [3.05, 3.63) is 33.8 Å². The van der Waals surface area contributed by atoms with Crippen LogP contribution in [0.3, 0.4) is 0 Å². The Morgan fingerprint density at radius 3 is 2.74 bits per heavy atom. The number of morpholine rings is 1. The van der Waals surface area contributed by atoms with Crippen molar-refractivity contribution >= 4 is 29.1 Å². The largest absolute Gasteiger partial charge is 0.379 e. The summed E-state index contributed by atoms with van der Waals surface area (Å²) in [6.45, 7) is 4.77. The van der Waals surface area contributed by atoms with Gasteiger partial charge >= 0.3 is 0 Å². The van der Waals surface area contributed by atoms with Crippen molar-refractivity contribution in [1.29, 1.82) is 0 Å². The fourth-order valence-electron chi connectivity index (χ4n) is 1.92. The van der Waals surface area contributed by atoms with Crippen LogP contribution in [0.2, 0.25) is 10.0 Å². The molecule has 0 unspecified atom stereocenters. The van der Waals surface area contributed by atoms with Gasteiger partial charge in [0, 0.05) is 31.2 Å². The number of ether oxygens (including phenoxy) is 1. The van der Waals surface area contributed by atoms with Crippen LogP contribution in [0.15, 0.2) is 18.2 Å². The van der Waals surface area contributed by atoms with Crippen molar-refractivity contribution in [2.75, 3.05) is 39.4 Å². The highest BCUT2D eigenvalue weighted by Gasteiger charge is 2.12. The zero-order chi connectivity index (χ0) is 13.7. The molecule has 2 rings (SSSR count). The summed E-state index contributed by atoms with van der Waals surface area (Å²) in [7, 11) is 0. The molecule has 1 saturated heterocycles. The molecular weight excluding hydrogens is 287 g/mol. The molecule has 1 aliphatic heterocycles. The second-order valence-corrected chi connectivity index (χ2v) is 5.18. The summed E-state index contributed by atoms with van der Waals surface area (Å²) in [6, 6.07) is 4.86. The van der Waals surface area contributed by atoms with Crippen LogP contribution in [-0.2, 0) is 4.74 Å². The van der Waals surface area contributed by atoms with E-state index in [0.29, 0.717) is 22.2 Å². The van der Waals surface area contributed by atoms with E-state index in [1.807, 2.05) is 0 Å². The molecule has 1 heterocycles. The van der Waals surface area contributed by atoms with Crippen LogP contribution in [0.5, 0.6) is 0 Å². The lowest BCUT2D eigenvalue weighted by molar-refractivity contribution is 0.0383. The van der Waals surface area contributed by atoms with E-state index in [1.54, 1.807) is 18.2 Å². The molecule has 1 aromatic rings. The number of halogens is 2. The van der Waals surface area contributed by atoms with E-state index in [0.717, 1.165) is 32.8 Å². The molecule has 1 aliphatic rings. The molecule has 0 spiro atoms. The molecule has 1 aromatic carbocycles. The van der Waals surface area contributed by atoms with Crippen molar-refractivity contribution in [2.45, 2.75) is 0 Å². The highest BCUT2D eigenvalue weighted by molar-refractivity contribution is 6.36. The average molecular weight is 303 g/mol. The second kappa shape index (κ2) is 7.10. The molecule has 0 aliphatic carbocycles. The van der Waals surface area contributed by atoms with Gasteiger partial charge in [-0.2, -0.15) is 0 Å². The number of hydrogen-bond donors (Lipinski definition) is 1. The fourth-order valence-corrected chi connectivity index (χ4v) is 2.42. The van der Waals surface area contributed by atoms with Gasteiger partial charge in [-0.25, -0.2) is 0 Å². The Hall–Kier alpha value is -0.810. The Bertz CT molecular complexity index is 448. The lowest BCUT2D eigenvalue weighted by Crippen LogP contribution is -2.41. The van der Waals surface area contributed by atoms with Crippen molar-refractivity contribution in [2.24, 2.45) is 0 Å². The summed E-state index contributed by atoms with van der Waals surface area (Å²) < 4.78 is 5.26. The Labute approximate surface area is 122 Å². The smallest absolute Gasteiger partial charge is 0.252 e. The summed E-state index contributed by atoms with van der Waals surface area (Å²) in [5, 5.41) is 3.75. The Morgan fingerprint density at radius 1 is 1.32 bits per heavy atom. The normalized spacial score (nSPS) is 16.3. The zero-order valence-corrected chi connectivity index (χ0v) is 12.0. The number of hydrogen-bond acceptors (Lipinski definition) is 3. The van der Waals surface area contributed by atoms with E-state index < -0.39 is 0 Å². The van der Waals surface area contributed by atoms with Crippen LogP contribution in [-0.4, -0.2) is 50.2 Å². The Balaban J connectivity index is 1.80. The molecule has 104 valence electrons. The zero-order valence-electron chi connectivity index (χ0n) is 10.5. The molecule has 1 amide bonds. The summed E-state index contributed by atoms with van der Waals surface area (Å²) in [5.41, 5.74) is 0.452. The maximum absolute atomic E-state index is 11.9. The molecule has 0 bridgehead atoms. The number of carbonyl (C=O) groups excluding carboxylic acids is 1. The molecule has 0 aromatic heterocycles. The second-order valence-electron chi connectivity index (χ2n) is 4.33. The van der Waals surface area contributed by atoms with E-state index in [4.69, 9.17) is 27.9 Å². The Morgan fingerprint density at radius 2 is 2.05 bits per heavy atom. The third-order valence-corrected chi connectivity index (χ3v) is 3.54. The minimum atomic E-state index is -0.171. The number of amides is 1. The van der Waals surface area contributed by atoms with Crippen molar-refractivity contribution in [3.63, 3.8) is 0 Å². The van der Waals surface area contributed by atoms with Crippen LogP contribution in [0, 0.1) is 0 Å². The van der Waals surface area contributed by atoms with Crippen molar-refractivity contribution in [3.8, 4) is 0 Å². The van der Waals surface area contributed by atoms with Crippen LogP contribution < -0.4 is 5.32 Å². The molecular formula is C13H16Cl2N2O2. The highest BCUT2D eigenvalue weighted by Crippen LogP contribution is 2.20. The van der Waals surface area contributed by atoms with Crippen LogP contribution in [0.25, 0.3) is 0 Å². The van der Waals surface area contributed by atoms with Crippen molar-refractivity contribution in [1.82, 2.24) is 10.2 Å². The monoisotopic (exact) mass is 302 g/mol. The molecule has 19 heavy (non-hydrogen) atoms. The van der Waals surface area contributed by atoms with E-state index >= 15 is 0 Å². The van der Waals surface area contributed by atoms with Gasteiger partial charge in [-0.15, -0.1) is 0 Å². The minimum absolute atomic E-state index is 0.171. The Kier molecular flexibility index (Phi) is 5.45. The average Bonchev–Trinajstić information content (AvgIpc) is 2.39. The van der Waals surface area contributed by atoms with Gasteiger partial charge in [0.15, 0.2) is 0 Å². The number of carbonyl (C=O) groups is 1. The van der Waals surface area contributed by atoms with E-state index in [1.165, 1.54) is 0 Å². The van der Waals surface area contributed by atoms with Crippen molar-refractivity contribution < 1.29 is 9.53 Å². The van der Waals surface area contributed by atoms with Gasteiger partial charge in [0.05, 0.1) is 23.8 Å². The van der Waals surface area contributed by atoms with Gasteiger partial charge in [-0.1, -0.05) is 23.2 Å². The molecule has 1 fully saturated rings. The van der Waals surface area contributed by atoms with Gasteiger partial charge in [-0.05, 0) is 18.2 Å². The lowest BCUT2D eigenvalue weighted by Gasteiger charge is -2.26. The molecule has 0 atom stereocenters. The van der Waals surface area contributed by atoms with E-state index in [9.17, 15) is 4.79 Å². The first kappa shape index (κ1) is 14.6. The third kappa shape index (κ3) is 4.35. The molecule has 0 radical (unpaired) electrons. The molecule has 1 N–H and O–H groups in total. The highest BCUT2D eigenvalue weighted by atomic mass is 35.5. The number of rotatable bonds is 4. The quantitative estimate of drug-likeness (QED) is 0.925. The fraction of sp³-hybridized carbons (Fsp3) is 0.462. The first-order valence-electron chi connectivity index (χ1n) is 6.20. The topological polar surface area (TPSA) is 41.6 Å². The van der Waals surface area contributed by atoms with Gasteiger partial charge < -0.3 is 10.1 Å². The van der Waals surface area contributed by atoms with Gasteiger partial charge in [0.2, 0.25) is 0 Å². The predicted octanol–water partition coefficient (Wildman–Crippen LogP) is 2.06. The van der Waals surface area contributed by atoms with E-state index in [-0.39, 0.29) is 5.91 Å². The third-order valence-electron chi connectivity index (χ3n) is 2.99. The number of benzene rings is 1. The van der Waals surface area contributed by atoms with E-state index in [2.05, 4.69) is 10.2 Å². The summed E-state index contributed by atoms with van der Waals surface area (Å²) in [6.07, 6.45) is 0. The summed E-state index contributed by atoms with van der Waals surface area (Å²) >= 11 is 11.8. The molecule has 6 heteroatoms.